The topological polar surface area (TPSA) is 87.0 Å². The number of aryl methyl sites for hydroxylation is 1. The molecule has 0 saturated carbocycles. The molecule has 0 bridgehead atoms. The van der Waals surface area contributed by atoms with Crippen molar-refractivity contribution in [2.24, 2.45) is 0 Å². The van der Waals surface area contributed by atoms with Crippen LogP contribution in [0.3, 0.4) is 0 Å². The predicted octanol–water partition coefficient (Wildman–Crippen LogP) is 5.24. The van der Waals surface area contributed by atoms with Crippen molar-refractivity contribution in [1.82, 2.24) is 0 Å². The van der Waals surface area contributed by atoms with Crippen molar-refractivity contribution >= 4 is 28.2 Å². The summed E-state index contributed by atoms with van der Waals surface area (Å²) in [6.45, 7) is 2.22. The number of benzene rings is 1. The Labute approximate surface area is 190 Å². The van der Waals surface area contributed by atoms with Crippen LogP contribution < -0.4 is 14.8 Å². The Bertz CT molecular complexity index is 1120. The summed E-state index contributed by atoms with van der Waals surface area (Å²) < 4.78 is 21.8. The lowest BCUT2D eigenvalue weighted by Gasteiger charge is -2.12. The van der Waals surface area contributed by atoms with Gasteiger partial charge in [0.05, 0.1) is 19.3 Å². The number of esters is 1. The molecule has 8 heteroatoms. The molecule has 1 amide bonds. The zero-order valence-electron chi connectivity index (χ0n) is 18.1. The minimum atomic E-state index is -0.415. The maximum absolute atomic E-state index is 12.8. The summed E-state index contributed by atoms with van der Waals surface area (Å²) >= 11 is 1.45. The van der Waals surface area contributed by atoms with Crippen LogP contribution in [0.4, 0.5) is 5.00 Å². The summed E-state index contributed by atoms with van der Waals surface area (Å²) in [5, 5.41) is 3.37. The van der Waals surface area contributed by atoms with E-state index in [1.807, 2.05) is 18.2 Å². The Morgan fingerprint density at radius 1 is 1.12 bits per heavy atom. The summed E-state index contributed by atoms with van der Waals surface area (Å²) in [6, 6.07) is 10.5. The van der Waals surface area contributed by atoms with Crippen LogP contribution in [0.15, 0.2) is 40.8 Å². The van der Waals surface area contributed by atoms with Crippen LogP contribution in [0, 0.1) is 0 Å². The van der Waals surface area contributed by atoms with E-state index >= 15 is 0 Å². The standard InChI is InChI=1S/C24H25NO6S/c1-3-29-24(27)21-18-9-4-5-10-20(18)32-23(21)25-22(26)19-12-11-17(31-19)14-30-16-8-6-7-15(13-16)28-2/h6-8,11-13H,3-5,9-10,14H2,1-2H3,(H,25,26). The average Bonchev–Trinajstić information content (AvgIpc) is 3.42. The number of methoxy groups -OCH3 is 1. The number of amides is 1. The number of thiophene rings is 1. The van der Waals surface area contributed by atoms with Gasteiger partial charge in [-0.15, -0.1) is 11.3 Å². The van der Waals surface area contributed by atoms with Crippen molar-refractivity contribution in [2.75, 3.05) is 19.0 Å². The maximum Gasteiger partial charge on any atom is 0.341 e. The number of nitrogens with one attached hydrogen (secondary N) is 1. The van der Waals surface area contributed by atoms with Crippen molar-refractivity contribution in [3.8, 4) is 11.5 Å². The second-order valence-corrected chi connectivity index (χ2v) is 8.43. The number of carbonyl (C=O) groups is 2. The fourth-order valence-corrected chi connectivity index (χ4v) is 4.93. The number of hydrogen-bond donors (Lipinski definition) is 1. The van der Waals surface area contributed by atoms with Crippen molar-refractivity contribution in [3.63, 3.8) is 0 Å². The fourth-order valence-electron chi connectivity index (χ4n) is 3.66. The number of hydrogen-bond acceptors (Lipinski definition) is 7. The van der Waals surface area contributed by atoms with Gasteiger partial charge in [-0.05, 0) is 62.4 Å². The molecule has 0 aliphatic heterocycles. The predicted molar refractivity (Wildman–Crippen MR) is 121 cm³/mol. The largest absolute Gasteiger partial charge is 0.497 e. The number of ether oxygens (including phenoxy) is 3. The number of carbonyl (C=O) groups excluding carboxylic acids is 2. The highest BCUT2D eigenvalue weighted by Gasteiger charge is 2.28. The molecule has 1 aliphatic rings. The zero-order chi connectivity index (χ0) is 22.5. The zero-order valence-corrected chi connectivity index (χ0v) is 18.9. The van der Waals surface area contributed by atoms with E-state index < -0.39 is 11.9 Å². The summed E-state index contributed by atoms with van der Waals surface area (Å²) in [6.07, 6.45) is 3.84. The Kier molecular flexibility index (Phi) is 6.80. The molecule has 2 heterocycles. The summed E-state index contributed by atoms with van der Waals surface area (Å²) in [7, 11) is 1.59. The molecular formula is C24H25NO6S. The summed E-state index contributed by atoms with van der Waals surface area (Å²) in [4.78, 5) is 26.5. The molecule has 32 heavy (non-hydrogen) atoms. The monoisotopic (exact) mass is 455 g/mol. The van der Waals surface area contributed by atoms with Gasteiger partial charge < -0.3 is 23.9 Å². The highest BCUT2D eigenvalue weighted by molar-refractivity contribution is 7.17. The van der Waals surface area contributed by atoms with Gasteiger partial charge in [0.1, 0.15) is 28.9 Å². The molecule has 1 N–H and O–H groups in total. The third-order valence-corrected chi connectivity index (χ3v) is 6.39. The smallest absolute Gasteiger partial charge is 0.341 e. The highest BCUT2D eigenvalue weighted by Crippen LogP contribution is 2.38. The second-order valence-electron chi connectivity index (χ2n) is 7.32. The molecular weight excluding hydrogens is 430 g/mol. The molecule has 0 unspecified atom stereocenters. The van der Waals surface area contributed by atoms with Crippen LogP contribution in [0.2, 0.25) is 0 Å². The molecule has 2 aromatic heterocycles. The SMILES string of the molecule is CCOC(=O)c1c(NC(=O)c2ccc(COc3cccc(OC)c3)o2)sc2c1CCCC2. The first-order valence-corrected chi connectivity index (χ1v) is 11.4. The molecule has 1 aliphatic carbocycles. The van der Waals surface area contributed by atoms with Crippen molar-refractivity contribution in [2.45, 2.75) is 39.2 Å². The molecule has 3 aromatic rings. The first-order chi connectivity index (χ1) is 15.6. The van der Waals surface area contributed by atoms with E-state index in [2.05, 4.69) is 5.32 Å². The van der Waals surface area contributed by atoms with E-state index in [0.29, 0.717) is 27.8 Å². The minimum absolute atomic E-state index is 0.149. The first-order valence-electron chi connectivity index (χ1n) is 10.6. The van der Waals surface area contributed by atoms with Gasteiger partial charge in [-0.3, -0.25) is 4.79 Å². The fraction of sp³-hybridized carbons (Fsp3) is 0.333. The normalized spacial score (nSPS) is 12.7. The molecule has 0 spiro atoms. The van der Waals surface area contributed by atoms with Crippen molar-refractivity contribution in [3.05, 3.63) is 63.9 Å². The van der Waals surface area contributed by atoms with E-state index in [0.717, 1.165) is 36.1 Å². The Hall–Kier alpha value is -3.26. The van der Waals surface area contributed by atoms with Crippen molar-refractivity contribution in [1.29, 1.82) is 0 Å². The molecule has 0 atom stereocenters. The number of fused-ring (bicyclic) bond motifs is 1. The van der Waals surface area contributed by atoms with Gasteiger partial charge in [0, 0.05) is 10.9 Å². The van der Waals surface area contributed by atoms with Gasteiger partial charge in [-0.1, -0.05) is 6.07 Å². The van der Waals surface area contributed by atoms with E-state index in [4.69, 9.17) is 18.6 Å². The van der Waals surface area contributed by atoms with E-state index in [-0.39, 0.29) is 19.0 Å². The molecule has 0 saturated heterocycles. The second kappa shape index (κ2) is 9.91. The van der Waals surface area contributed by atoms with Crippen LogP contribution in [0.25, 0.3) is 0 Å². The van der Waals surface area contributed by atoms with Gasteiger partial charge in [0.25, 0.3) is 5.91 Å². The Balaban J connectivity index is 1.46. The third-order valence-electron chi connectivity index (χ3n) is 5.19. The van der Waals surface area contributed by atoms with E-state index in [9.17, 15) is 9.59 Å². The number of furan rings is 1. The molecule has 0 radical (unpaired) electrons. The molecule has 1 aromatic carbocycles. The summed E-state index contributed by atoms with van der Waals surface area (Å²) in [5.74, 6) is 1.17. The third kappa shape index (κ3) is 4.80. The lowest BCUT2D eigenvalue weighted by molar-refractivity contribution is 0.0526. The van der Waals surface area contributed by atoms with Crippen molar-refractivity contribution < 1.29 is 28.2 Å². The molecule has 7 nitrogen and oxygen atoms in total. The Morgan fingerprint density at radius 3 is 2.75 bits per heavy atom. The highest BCUT2D eigenvalue weighted by atomic mass is 32.1. The van der Waals surface area contributed by atoms with Gasteiger partial charge in [-0.2, -0.15) is 0 Å². The lowest BCUT2D eigenvalue weighted by atomic mass is 9.95. The molecule has 0 fully saturated rings. The molecule has 4 rings (SSSR count). The number of rotatable bonds is 8. The number of anilines is 1. The van der Waals surface area contributed by atoms with Crippen LogP contribution in [-0.4, -0.2) is 25.6 Å². The maximum atomic E-state index is 12.8. The minimum Gasteiger partial charge on any atom is -0.497 e. The van der Waals surface area contributed by atoms with Crippen LogP contribution in [0.1, 0.15) is 56.9 Å². The van der Waals surface area contributed by atoms with Crippen LogP contribution in [0.5, 0.6) is 11.5 Å². The van der Waals surface area contributed by atoms with Gasteiger partial charge in [0.15, 0.2) is 5.76 Å². The van der Waals surface area contributed by atoms with E-state index in [1.165, 1.54) is 11.3 Å². The Morgan fingerprint density at radius 2 is 1.94 bits per heavy atom. The first kappa shape index (κ1) is 22.0. The van der Waals surface area contributed by atoms with Gasteiger partial charge in [-0.25, -0.2) is 4.79 Å². The quantitative estimate of drug-likeness (QED) is 0.468. The van der Waals surface area contributed by atoms with E-state index in [1.54, 1.807) is 32.2 Å². The van der Waals surface area contributed by atoms with Gasteiger partial charge in [0.2, 0.25) is 0 Å². The average molecular weight is 456 g/mol. The van der Waals surface area contributed by atoms with Crippen LogP contribution >= 0.6 is 11.3 Å². The lowest BCUT2D eigenvalue weighted by Crippen LogP contribution is -2.15. The van der Waals surface area contributed by atoms with Gasteiger partial charge >= 0.3 is 5.97 Å². The van der Waals surface area contributed by atoms with Crippen LogP contribution in [-0.2, 0) is 24.2 Å². The summed E-state index contributed by atoms with van der Waals surface area (Å²) in [5.41, 5.74) is 1.48. The molecule has 168 valence electrons.